The van der Waals surface area contributed by atoms with Crippen molar-refractivity contribution in [1.82, 2.24) is 4.90 Å². The molecule has 1 nitrogen and oxygen atoms in total. The van der Waals surface area contributed by atoms with Gasteiger partial charge in [0, 0.05) is 12.8 Å². The molecule has 0 aromatic heterocycles. The van der Waals surface area contributed by atoms with Gasteiger partial charge in [0.05, 0.1) is 0 Å². The van der Waals surface area contributed by atoms with Gasteiger partial charge in [-0.25, -0.2) is 0 Å². The fourth-order valence-electron chi connectivity index (χ4n) is 1.65. The lowest BCUT2D eigenvalue weighted by atomic mass is 10.1. The van der Waals surface area contributed by atoms with Crippen molar-refractivity contribution in [3.63, 3.8) is 0 Å². The Hall–Kier alpha value is -0.920. The van der Waals surface area contributed by atoms with Gasteiger partial charge in [0.2, 0.25) is 0 Å². The average molecular weight is 247 g/mol. The zero-order valence-electron chi connectivity index (χ0n) is 12.5. The lowest BCUT2D eigenvalue weighted by Crippen LogP contribution is -2.12. The molecule has 0 aliphatic carbocycles. The highest BCUT2D eigenvalue weighted by molar-refractivity contribution is 5.25. The summed E-state index contributed by atoms with van der Waals surface area (Å²) in [6, 6.07) is 0. The summed E-state index contributed by atoms with van der Waals surface area (Å²) >= 11 is 0. The molecule has 0 aliphatic heterocycles. The highest BCUT2D eigenvalue weighted by Gasteiger charge is 1.91. The monoisotopic (exact) mass is 247 g/mol. The summed E-state index contributed by atoms with van der Waals surface area (Å²) < 4.78 is 0. The largest absolute Gasteiger partial charge is 0.309 e. The molecule has 0 bridgehead atoms. The number of hydrogen-bond acceptors (Lipinski definition) is 1. The van der Waals surface area contributed by atoms with E-state index in [0.717, 1.165) is 12.8 Å². The first kappa shape index (κ1) is 17.1. The van der Waals surface area contributed by atoms with E-state index in [1.165, 1.54) is 51.5 Å². The molecule has 0 saturated carbocycles. The predicted octanol–water partition coefficient (Wildman–Crippen LogP) is 4.09. The zero-order chi connectivity index (χ0) is 13.5. The van der Waals surface area contributed by atoms with E-state index in [1.807, 2.05) is 0 Å². The molecule has 0 heterocycles. The number of unbranched alkanes of at least 4 members (excludes halogenated alkanes) is 7. The minimum atomic E-state index is 0.997. The van der Waals surface area contributed by atoms with Crippen LogP contribution in [0.4, 0.5) is 0 Å². The van der Waals surface area contributed by atoms with Crippen molar-refractivity contribution < 1.29 is 0 Å². The molecular weight excluding hydrogens is 218 g/mol. The fraction of sp³-hybridized carbons (Fsp3) is 0.765. The summed E-state index contributed by atoms with van der Waals surface area (Å²) in [4.78, 5) is 2.25. The Bertz CT molecular complexity index is 282. The molecule has 0 radical (unpaired) electrons. The third-order valence-corrected chi connectivity index (χ3v) is 2.80. The van der Waals surface area contributed by atoms with Crippen molar-refractivity contribution >= 4 is 0 Å². The van der Waals surface area contributed by atoms with E-state index in [4.69, 9.17) is 0 Å². The molecule has 0 N–H and O–H groups in total. The Morgan fingerprint density at radius 2 is 1.28 bits per heavy atom. The van der Waals surface area contributed by atoms with Gasteiger partial charge < -0.3 is 4.90 Å². The van der Waals surface area contributed by atoms with Crippen LogP contribution in [-0.4, -0.2) is 25.5 Å². The van der Waals surface area contributed by atoms with Crippen LogP contribution in [0.5, 0.6) is 0 Å². The van der Waals surface area contributed by atoms with E-state index < -0.39 is 0 Å². The topological polar surface area (TPSA) is 3.24 Å². The maximum absolute atomic E-state index is 3.14. The van der Waals surface area contributed by atoms with Gasteiger partial charge in [-0.05, 0) is 51.7 Å². The molecule has 0 atom stereocenters. The predicted molar refractivity (Wildman–Crippen MR) is 81.3 cm³/mol. The second kappa shape index (κ2) is 14.1. The van der Waals surface area contributed by atoms with Crippen LogP contribution in [-0.2, 0) is 0 Å². The summed E-state index contributed by atoms with van der Waals surface area (Å²) in [6.45, 7) is 3.40. The molecular formula is C17H29N. The van der Waals surface area contributed by atoms with Crippen molar-refractivity contribution in [1.29, 1.82) is 0 Å². The standard InChI is InChI=1S/C17H29N/c1-4-5-6-7-8-9-10-11-12-13-14-15-16-17-18(2)3/h4-6,11-17H2,1-3H3. The Morgan fingerprint density at radius 1 is 0.722 bits per heavy atom. The molecule has 0 saturated heterocycles. The molecule has 102 valence electrons. The van der Waals surface area contributed by atoms with Crippen molar-refractivity contribution in [3.8, 4) is 23.7 Å². The summed E-state index contributed by atoms with van der Waals surface area (Å²) in [5.41, 5.74) is 0. The van der Waals surface area contributed by atoms with Crippen molar-refractivity contribution in [2.45, 2.75) is 64.7 Å². The van der Waals surface area contributed by atoms with Crippen LogP contribution in [0.15, 0.2) is 0 Å². The Labute approximate surface area is 114 Å². The van der Waals surface area contributed by atoms with Crippen molar-refractivity contribution in [2.24, 2.45) is 0 Å². The molecule has 0 amide bonds. The van der Waals surface area contributed by atoms with Crippen molar-refractivity contribution in [2.75, 3.05) is 20.6 Å². The van der Waals surface area contributed by atoms with Crippen LogP contribution in [0.1, 0.15) is 64.7 Å². The first-order chi connectivity index (χ1) is 8.77. The molecule has 0 fully saturated rings. The molecule has 0 aliphatic rings. The van der Waals surface area contributed by atoms with Crippen LogP contribution in [0.2, 0.25) is 0 Å². The van der Waals surface area contributed by atoms with Crippen LogP contribution < -0.4 is 0 Å². The molecule has 0 aromatic carbocycles. The molecule has 0 aromatic rings. The van der Waals surface area contributed by atoms with Gasteiger partial charge in [0.1, 0.15) is 0 Å². The minimum Gasteiger partial charge on any atom is -0.309 e. The Kier molecular flexibility index (Phi) is 13.4. The normalized spacial score (nSPS) is 9.56. The number of hydrogen-bond donors (Lipinski definition) is 0. The van der Waals surface area contributed by atoms with Gasteiger partial charge in [-0.3, -0.25) is 0 Å². The van der Waals surface area contributed by atoms with Gasteiger partial charge in [0.15, 0.2) is 0 Å². The quantitative estimate of drug-likeness (QED) is 0.438. The SMILES string of the molecule is CCCCC#CC#CCCCCCCCN(C)C. The van der Waals surface area contributed by atoms with Gasteiger partial charge >= 0.3 is 0 Å². The van der Waals surface area contributed by atoms with E-state index in [2.05, 4.69) is 49.6 Å². The van der Waals surface area contributed by atoms with Crippen LogP contribution in [0.3, 0.4) is 0 Å². The second-order valence-electron chi connectivity index (χ2n) is 5.03. The van der Waals surface area contributed by atoms with Crippen LogP contribution >= 0.6 is 0 Å². The molecule has 1 heteroatoms. The summed E-state index contributed by atoms with van der Waals surface area (Å²) in [5.74, 6) is 12.1. The molecule has 18 heavy (non-hydrogen) atoms. The van der Waals surface area contributed by atoms with E-state index >= 15 is 0 Å². The Balaban J connectivity index is 3.24. The van der Waals surface area contributed by atoms with E-state index in [0.29, 0.717) is 0 Å². The first-order valence-corrected chi connectivity index (χ1v) is 7.37. The van der Waals surface area contributed by atoms with Gasteiger partial charge in [-0.1, -0.05) is 44.4 Å². The van der Waals surface area contributed by atoms with Gasteiger partial charge in [-0.15, -0.1) is 0 Å². The minimum absolute atomic E-state index is 0.997. The van der Waals surface area contributed by atoms with Gasteiger partial charge in [-0.2, -0.15) is 0 Å². The van der Waals surface area contributed by atoms with Crippen LogP contribution in [0, 0.1) is 23.7 Å². The fourth-order valence-corrected chi connectivity index (χ4v) is 1.65. The first-order valence-electron chi connectivity index (χ1n) is 7.37. The summed E-state index contributed by atoms with van der Waals surface area (Å²) in [5, 5.41) is 0. The molecule has 0 rings (SSSR count). The van der Waals surface area contributed by atoms with Crippen molar-refractivity contribution in [3.05, 3.63) is 0 Å². The maximum atomic E-state index is 3.14. The van der Waals surface area contributed by atoms with E-state index in [1.54, 1.807) is 0 Å². The summed E-state index contributed by atoms with van der Waals surface area (Å²) in [7, 11) is 4.27. The molecule has 0 spiro atoms. The third kappa shape index (κ3) is 15.1. The highest BCUT2D eigenvalue weighted by atomic mass is 15.0. The number of rotatable bonds is 9. The van der Waals surface area contributed by atoms with E-state index in [-0.39, 0.29) is 0 Å². The third-order valence-electron chi connectivity index (χ3n) is 2.80. The zero-order valence-corrected chi connectivity index (χ0v) is 12.5. The maximum Gasteiger partial charge on any atom is 0.00989 e. The highest BCUT2D eigenvalue weighted by Crippen LogP contribution is 2.04. The lowest BCUT2D eigenvalue weighted by Gasteiger charge is -2.08. The second-order valence-corrected chi connectivity index (χ2v) is 5.03. The smallest absolute Gasteiger partial charge is 0.00989 e. The number of nitrogens with zero attached hydrogens (tertiary/aromatic N) is 1. The average Bonchev–Trinajstić information content (AvgIpc) is 2.34. The van der Waals surface area contributed by atoms with E-state index in [9.17, 15) is 0 Å². The molecule has 0 unspecified atom stereocenters. The van der Waals surface area contributed by atoms with Gasteiger partial charge in [0.25, 0.3) is 0 Å². The van der Waals surface area contributed by atoms with Crippen LogP contribution in [0.25, 0.3) is 0 Å². The summed E-state index contributed by atoms with van der Waals surface area (Å²) in [6.07, 6.45) is 11.0. The lowest BCUT2D eigenvalue weighted by molar-refractivity contribution is 0.390. The Morgan fingerprint density at radius 3 is 1.89 bits per heavy atom.